The molecule has 0 aliphatic rings. The Kier molecular flexibility index (Phi) is 3.13. The SMILES string of the molecule is CN(C)C(O)Cn1nc(Cl)cc1N. The van der Waals surface area contributed by atoms with Crippen LogP contribution in [0.4, 0.5) is 5.82 Å². The first-order valence-corrected chi connectivity index (χ1v) is 4.22. The van der Waals surface area contributed by atoms with Crippen molar-refractivity contribution in [3.63, 3.8) is 0 Å². The Balaban J connectivity index is 2.68. The Hall–Kier alpha value is -0.780. The lowest BCUT2D eigenvalue weighted by molar-refractivity contribution is 0.0237. The number of hydrogen-bond donors (Lipinski definition) is 2. The minimum atomic E-state index is -0.613. The lowest BCUT2D eigenvalue weighted by atomic mass is 10.5. The summed E-state index contributed by atoms with van der Waals surface area (Å²) in [5.41, 5.74) is 5.58. The van der Waals surface area contributed by atoms with Gasteiger partial charge < -0.3 is 10.8 Å². The van der Waals surface area contributed by atoms with Gasteiger partial charge in [0, 0.05) is 6.07 Å². The van der Waals surface area contributed by atoms with Crippen molar-refractivity contribution in [2.24, 2.45) is 0 Å². The first-order valence-electron chi connectivity index (χ1n) is 3.84. The average Bonchev–Trinajstić information content (AvgIpc) is 2.30. The molecule has 0 aromatic carbocycles. The molecule has 13 heavy (non-hydrogen) atoms. The molecule has 1 atom stereocenters. The van der Waals surface area contributed by atoms with E-state index in [2.05, 4.69) is 5.10 Å². The van der Waals surface area contributed by atoms with E-state index in [1.807, 2.05) is 0 Å². The van der Waals surface area contributed by atoms with E-state index in [1.165, 1.54) is 4.68 Å². The molecule has 0 radical (unpaired) electrons. The quantitative estimate of drug-likeness (QED) is 0.681. The van der Waals surface area contributed by atoms with Gasteiger partial charge in [-0.25, -0.2) is 4.68 Å². The second-order valence-electron chi connectivity index (χ2n) is 3.02. The van der Waals surface area contributed by atoms with Crippen LogP contribution in [-0.2, 0) is 6.54 Å². The van der Waals surface area contributed by atoms with E-state index < -0.39 is 6.23 Å². The molecule has 0 aliphatic carbocycles. The van der Waals surface area contributed by atoms with E-state index in [0.717, 1.165) is 0 Å². The van der Waals surface area contributed by atoms with Crippen LogP contribution in [-0.4, -0.2) is 40.1 Å². The van der Waals surface area contributed by atoms with Crippen LogP contribution in [0.5, 0.6) is 0 Å². The number of aromatic nitrogens is 2. The second kappa shape index (κ2) is 3.95. The van der Waals surface area contributed by atoms with E-state index in [9.17, 15) is 5.11 Å². The maximum atomic E-state index is 9.48. The van der Waals surface area contributed by atoms with Gasteiger partial charge in [-0.3, -0.25) is 4.90 Å². The molecule has 5 nitrogen and oxygen atoms in total. The molecule has 0 bridgehead atoms. The number of rotatable bonds is 3. The molecule has 1 heterocycles. The van der Waals surface area contributed by atoms with Crippen LogP contribution in [0.1, 0.15) is 0 Å². The third-order valence-corrected chi connectivity index (χ3v) is 1.90. The van der Waals surface area contributed by atoms with Gasteiger partial charge in [0.1, 0.15) is 12.0 Å². The van der Waals surface area contributed by atoms with Crippen molar-refractivity contribution in [3.8, 4) is 0 Å². The van der Waals surface area contributed by atoms with Crippen molar-refractivity contribution >= 4 is 17.4 Å². The molecule has 1 aromatic rings. The smallest absolute Gasteiger partial charge is 0.153 e. The fourth-order valence-corrected chi connectivity index (χ4v) is 1.07. The van der Waals surface area contributed by atoms with Crippen LogP contribution in [0.25, 0.3) is 0 Å². The van der Waals surface area contributed by atoms with E-state index in [1.54, 1.807) is 25.1 Å². The lowest BCUT2D eigenvalue weighted by Crippen LogP contribution is -2.32. The Morgan fingerprint density at radius 3 is 2.77 bits per heavy atom. The zero-order valence-corrected chi connectivity index (χ0v) is 8.36. The molecule has 0 saturated carbocycles. The number of nitrogens with two attached hydrogens (primary N) is 1. The van der Waals surface area contributed by atoms with Crippen LogP contribution < -0.4 is 5.73 Å². The highest BCUT2D eigenvalue weighted by Crippen LogP contribution is 2.11. The highest BCUT2D eigenvalue weighted by atomic mass is 35.5. The van der Waals surface area contributed by atoms with Crippen molar-refractivity contribution in [2.75, 3.05) is 19.8 Å². The first kappa shape index (κ1) is 10.3. The summed E-state index contributed by atoms with van der Waals surface area (Å²) in [6.45, 7) is 0.311. The molecule has 0 saturated heterocycles. The Morgan fingerprint density at radius 2 is 2.38 bits per heavy atom. The number of aliphatic hydroxyl groups excluding tert-OH is 1. The van der Waals surface area contributed by atoms with Gasteiger partial charge in [-0.05, 0) is 14.1 Å². The molecule has 0 amide bonds. The predicted octanol–water partition coefficient (Wildman–Crippen LogP) is -0.00130. The molecular weight excluding hydrogens is 192 g/mol. The number of anilines is 1. The van der Waals surface area contributed by atoms with Crippen molar-refractivity contribution in [3.05, 3.63) is 11.2 Å². The van der Waals surface area contributed by atoms with Crippen molar-refractivity contribution in [2.45, 2.75) is 12.8 Å². The monoisotopic (exact) mass is 204 g/mol. The number of halogens is 1. The number of aliphatic hydroxyl groups is 1. The van der Waals surface area contributed by atoms with Crippen LogP contribution in [0.3, 0.4) is 0 Å². The molecule has 0 aliphatic heterocycles. The number of nitrogens with zero attached hydrogens (tertiary/aromatic N) is 3. The zero-order valence-electron chi connectivity index (χ0n) is 7.61. The summed E-state index contributed by atoms with van der Waals surface area (Å²) in [5, 5.41) is 13.7. The fraction of sp³-hybridized carbons (Fsp3) is 0.571. The lowest BCUT2D eigenvalue weighted by Gasteiger charge is -2.18. The minimum Gasteiger partial charge on any atom is -0.384 e. The van der Waals surface area contributed by atoms with Crippen LogP contribution in [0, 0.1) is 0 Å². The van der Waals surface area contributed by atoms with Crippen LogP contribution >= 0.6 is 11.6 Å². The average molecular weight is 205 g/mol. The number of nitrogen functional groups attached to an aromatic ring is 1. The Morgan fingerprint density at radius 1 is 1.77 bits per heavy atom. The van der Waals surface area contributed by atoms with Gasteiger partial charge in [-0.15, -0.1) is 0 Å². The minimum absolute atomic E-state index is 0.311. The summed E-state index contributed by atoms with van der Waals surface area (Å²) in [5.74, 6) is 0.450. The van der Waals surface area contributed by atoms with Crippen LogP contribution in [0.15, 0.2) is 6.07 Å². The van der Waals surface area contributed by atoms with E-state index in [0.29, 0.717) is 17.5 Å². The zero-order chi connectivity index (χ0) is 10.0. The second-order valence-corrected chi connectivity index (χ2v) is 3.41. The van der Waals surface area contributed by atoms with Crippen molar-refractivity contribution in [1.29, 1.82) is 0 Å². The van der Waals surface area contributed by atoms with Gasteiger partial charge in [0.05, 0.1) is 6.54 Å². The van der Waals surface area contributed by atoms with Crippen LogP contribution in [0.2, 0.25) is 5.15 Å². The normalized spacial score (nSPS) is 13.6. The third-order valence-electron chi connectivity index (χ3n) is 1.71. The van der Waals surface area contributed by atoms with E-state index in [4.69, 9.17) is 17.3 Å². The molecule has 1 aromatic heterocycles. The number of likely N-dealkylation sites (N-methyl/N-ethyl adjacent to an activating group) is 1. The fourth-order valence-electron chi connectivity index (χ4n) is 0.863. The largest absolute Gasteiger partial charge is 0.384 e. The maximum Gasteiger partial charge on any atom is 0.153 e. The van der Waals surface area contributed by atoms with Gasteiger partial charge in [0.15, 0.2) is 5.15 Å². The van der Waals surface area contributed by atoms with Gasteiger partial charge in [0.25, 0.3) is 0 Å². The number of hydrogen-bond acceptors (Lipinski definition) is 4. The van der Waals surface area contributed by atoms with Gasteiger partial charge in [-0.2, -0.15) is 5.10 Å². The first-order chi connectivity index (χ1) is 6.00. The summed E-state index contributed by atoms with van der Waals surface area (Å²) < 4.78 is 1.47. The van der Waals surface area contributed by atoms with Crippen molar-refractivity contribution < 1.29 is 5.11 Å². The van der Waals surface area contributed by atoms with Gasteiger partial charge in [-0.1, -0.05) is 11.6 Å². The molecule has 6 heteroatoms. The third kappa shape index (κ3) is 2.58. The molecule has 74 valence electrons. The summed E-state index contributed by atoms with van der Waals surface area (Å²) in [6, 6.07) is 1.55. The molecule has 0 spiro atoms. The molecule has 1 rings (SSSR count). The summed E-state index contributed by atoms with van der Waals surface area (Å²) in [7, 11) is 3.54. The Labute approximate surface area is 81.7 Å². The molecule has 0 fully saturated rings. The van der Waals surface area contributed by atoms with Gasteiger partial charge >= 0.3 is 0 Å². The topological polar surface area (TPSA) is 67.3 Å². The highest BCUT2D eigenvalue weighted by Gasteiger charge is 2.10. The summed E-state index contributed by atoms with van der Waals surface area (Å²) in [6.07, 6.45) is -0.613. The predicted molar refractivity (Wildman–Crippen MR) is 51.3 cm³/mol. The van der Waals surface area contributed by atoms with Gasteiger partial charge in [0.2, 0.25) is 0 Å². The standard InChI is InChI=1S/C7H13ClN4O/c1-11(2)7(13)4-12-6(9)3-5(8)10-12/h3,7,13H,4,9H2,1-2H3. The van der Waals surface area contributed by atoms with Crippen molar-refractivity contribution in [1.82, 2.24) is 14.7 Å². The highest BCUT2D eigenvalue weighted by molar-refractivity contribution is 6.29. The molecular formula is C7H13ClN4O. The summed E-state index contributed by atoms with van der Waals surface area (Å²) >= 11 is 5.62. The molecule has 3 N–H and O–H groups in total. The Bertz CT molecular complexity index is 286. The maximum absolute atomic E-state index is 9.48. The molecule has 1 unspecified atom stereocenters. The van der Waals surface area contributed by atoms with E-state index in [-0.39, 0.29) is 0 Å². The van der Waals surface area contributed by atoms with E-state index >= 15 is 0 Å². The summed E-state index contributed by atoms with van der Waals surface area (Å²) in [4.78, 5) is 1.66.